The van der Waals surface area contributed by atoms with Gasteiger partial charge in [-0.3, -0.25) is 4.79 Å². The van der Waals surface area contributed by atoms with Gasteiger partial charge in [-0.2, -0.15) is 0 Å². The Labute approximate surface area is 146 Å². The van der Waals surface area contributed by atoms with Gasteiger partial charge in [0.15, 0.2) is 0 Å². The number of nitrogens with one attached hydrogen (secondary N) is 1. The molecule has 1 aromatic carbocycles. The molecule has 1 amide bonds. The summed E-state index contributed by atoms with van der Waals surface area (Å²) < 4.78 is 0. The number of rotatable bonds is 8. The Morgan fingerprint density at radius 3 is 2.41 bits per heavy atom. The third-order valence-electron chi connectivity index (χ3n) is 3.74. The quantitative estimate of drug-likeness (QED) is 0.756. The van der Waals surface area contributed by atoms with Crippen LogP contribution in [0.1, 0.15) is 25.8 Å². The van der Waals surface area contributed by atoms with E-state index < -0.39 is 6.04 Å². The monoisotopic (exact) mass is 349 g/mol. The fourth-order valence-electron chi connectivity index (χ4n) is 1.98. The number of hydrogen-bond acceptors (Lipinski definition) is 3. The fraction of sp³-hybridized carbons (Fsp3) is 0.562. The largest absolute Gasteiger partial charge is 0.353 e. The first-order chi connectivity index (χ1) is 9.54. The van der Waals surface area contributed by atoms with Crippen LogP contribution in [0.3, 0.4) is 0 Å². The van der Waals surface area contributed by atoms with Crippen molar-refractivity contribution in [2.45, 2.75) is 38.8 Å². The maximum atomic E-state index is 11.9. The molecular weight excluding hydrogens is 321 g/mol. The predicted molar refractivity (Wildman–Crippen MR) is 98.0 cm³/mol. The summed E-state index contributed by atoms with van der Waals surface area (Å²) in [6.45, 7) is 5.83. The van der Waals surface area contributed by atoms with Gasteiger partial charge in [-0.25, -0.2) is 0 Å². The van der Waals surface area contributed by atoms with Crippen molar-refractivity contribution in [2.24, 2.45) is 5.73 Å². The van der Waals surface area contributed by atoms with Gasteiger partial charge in [-0.15, -0.1) is 24.8 Å². The Bertz CT molecular complexity index is 404. The lowest BCUT2D eigenvalue weighted by molar-refractivity contribution is -0.122. The molecule has 1 aromatic rings. The Kier molecular flexibility index (Phi) is 13.5. The molecule has 6 heteroatoms. The molecular formula is C16H29Cl2N3O. The maximum absolute atomic E-state index is 11.9. The number of carbonyl (C=O) groups excluding carboxylic acids is 1. The summed E-state index contributed by atoms with van der Waals surface area (Å²) in [6, 6.07) is 9.91. The van der Waals surface area contributed by atoms with E-state index in [1.165, 1.54) is 0 Å². The first-order valence-electron chi connectivity index (χ1n) is 7.32. The zero-order valence-electron chi connectivity index (χ0n) is 13.6. The smallest absolute Gasteiger partial charge is 0.237 e. The summed E-state index contributed by atoms with van der Waals surface area (Å²) in [5.74, 6) is -0.0774. The second kappa shape index (κ2) is 12.7. The van der Waals surface area contributed by atoms with Gasteiger partial charge in [0.25, 0.3) is 0 Å². The first-order valence-corrected chi connectivity index (χ1v) is 7.32. The number of likely N-dealkylation sites (N-methyl/N-ethyl adjacent to an activating group) is 1. The van der Waals surface area contributed by atoms with Gasteiger partial charge in [-0.05, 0) is 32.4 Å². The van der Waals surface area contributed by atoms with Crippen molar-refractivity contribution in [1.29, 1.82) is 0 Å². The van der Waals surface area contributed by atoms with Crippen molar-refractivity contribution in [3.05, 3.63) is 35.9 Å². The molecule has 0 saturated heterocycles. The zero-order valence-corrected chi connectivity index (χ0v) is 15.3. The minimum atomic E-state index is -0.480. The van der Waals surface area contributed by atoms with E-state index in [1.807, 2.05) is 30.3 Å². The topological polar surface area (TPSA) is 58.4 Å². The lowest BCUT2D eigenvalue weighted by atomic mass is 10.1. The molecule has 128 valence electrons. The molecule has 0 radical (unpaired) electrons. The van der Waals surface area contributed by atoms with E-state index in [9.17, 15) is 4.79 Å². The SMILES string of the molecule is CCC(C)N(C)CCNC(=O)[C@@H](N)Cc1ccccc1.Cl.Cl. The maximum Gasteiger partial charge on any atom is 0.237 e. The van der Waals surface area contributed by atoms with Crippen molar-refractivity contribution < 1.29 is 4.79 Å². The summed E-state index contributed by atoms with van der Waals surface area (Å²) in [5, 5.41) is 2.91. The van der Waals surface area contributed by atoms with Crippen LogP contribution in [0.15, 0.2) is 30.3 Å². The second-order valence-corrected chi connectivity index (χ2v) is 5.33. The van der Waals surface area contributed by atoms with E-state index in [-0.39, 0.29) is 30.7 Å². The number of amides is 1. The highest BCUT2D eigenvalue weighted by Gasteiger charge is 2.14. The highest BCUT2D eigenvalue weighted by atomic mass is 35.5. The molecule has 0 aliphatic carbocycles. The molecule has 2 atom stereocenters. The van der Waals surface area contributed by atoms with Crippen LogP contribution in [0.25, 0.3) is 0 Å². The van der Waals surface area contributed by atoms with E-state index in [1.54, 1.807) is 0 Å². The number of benzene rings is 1. The van der Waals surface area contributed by atoms with Gasteiger partial charge in [0, 0.05) is 19.1 Å². The molecule has 0 fully saturated rings. The molecule has 0 aliphatic heterocycles. The van der Waals surface area contributed by atoms with Crippen molar-refractivity contribution in [3.63, 3.8) is 0 Å². The van der Waals surface area contributed by atoms with Crippen LogP contribution in [-0.2, 0) is 11.2 Å². The normalized spacial score (nSPS) is 12.8. The Balaban J connectivity index is 0. The molecule has 0 aromatic heterocycles. The standard InChI is InChI=1S/C16H27N3O.2ClH/c1-4-13(2)19(3)11-10-18-16(20)15(17)12-14-8-6-5-7-9-14;;/h5-9,13,15H,4,10-12,17H2,1-3H3,(H,18,20);2*1H/t13?,15-;;/m0../s1. The summed E-state index contributed by atoms with van der Waals surface area (Å²) in [7, 11) is 2.07. The molecule has 22 heavy (non-hydrogen) atoms. The average Bonchev–Trinajstić information content (AvgIpc) is 2.47. The molecule has 0 heterocycles. The molecule has 4 nitrogen and oxygen atoms in total. The summed E-state index contributed by atoms with van der Waals surface area (Å²) >= 11 is 0. The second-order valence-electron chi connectivity index (χ2n) is 5.33. The van der Waals surface area contributed by atoms with E-state index in [0.717, 1.165) is 18.5 Å². The average molecular weight is 350 g/mol. The van der Waals surface area contributed by atoms with Crippen LogP contribution >= 0.6 is 24.8 Å². The van der Waals surface area contributed by atoms with E-state index in [4.69, 9.17) is 5.73 Å². The van der Waals surface area contributed by atoms with E-state index in [2.05, 4.69) is 31.1 Å². The number of nitrogens with two attached hydrogens (primary N) is 1. The summed E-state index contributed by atoms with van der Waals surface area (Å²) in [4.78, 5) is 14.2. The number of hydrogen-bond donors (Lipinski definition) is 2. The molecule has 0 spiro atoms. The minimum absolute atomic E-state index is 0. The van der Waals surface area contributed by atoms with Gasteiger partial charge >= 0.3 is 0 Å². The van der Waals surface area contributed by atoms with Crippen LogP contribution < -0.4 is 11.1 Å². The summed E-state index contributed by atoms with van der Waals surface area (Å²) in [5.41, 5.74) is 7.02. The Morgan fingerprint density at radius 2 is 1.86 bits per heavy atom. The zero-order chi connectivity index (χ0) is 15.0. The van der Waals surface area contributed by atoms with Crippen LogP contribution in [0, 0.1) is 0 Å². The number of nitrogens with zero attached hydrogens (tertiary/aromatic N) is 1. The van der Waals surface area contributed by atoms with Crippen LogP contribution in [0.5, 0.6) is 0 Å². The predicted octanol–water partition coefficient (Wildman–Crippen LogP) is 2.25. The van der Waals surface area contributed by atoms with Gasteiger partial charge in [-0.1, -0.05) is 37.3 Å². The van der Waals surface area contributed by atoms with Crippen LogP contribution in [0.2, 0.25) is 0 Å². The van der Waals surface area contributed by atoms with Crippen molar-refractivity contribution >= 4 is 30.7 Å². The third-order valence-corrected chi connectivity index (χ3v) is 3.74. The summed E-state index contributed by atoms with van der Waals surface area (Å²) in [6.07, 6.45) is 1.69. The van der Waals surface area contributed by atoms with Gasteiger partial charge in [0.2, 0.25) is 5.91 Å². The lowest BCUT2D eigenvalue weighted by Gasteiger charge is -2.23. The highest BCUT2D eigenvalue weighted by Crippen LogP contribution is 2.02. The third kappa shape index (κ3) is 8.59. The van der Waals surface area contributed by atoms with Crippen LogP contribution in [-0.4, -0.2) is 43.0 Å². The fourth-order valence-corrected chi connectivity index (χ4v) is 1.98. The van der Waals surface area contributed by atoms with E-state index in [0.29, 0.717) is 19.0 Å². The number of carbonyl (C=O) groups is 1. The van der Waals surface area contributed by atoms with Crippen molar-refractivity contribution in [1.82, 2.24) is 10.2 Å². The number of halogens is 2. The molecule has 0 aliphatic rings. The van der Waals surface area contributed by atoms with Crippen molar-refractivity contribution in [2.75, 3.05) is 20.1 Å². The molecule has 1 unspecified atom stereocenters. The molecule has 1 rings (SSSR count). The lowest BCUT2D eigenvalue weighted by Crippen LogP contribution is -2.45. The Morgan fingerprint density at radius 1 is 1.27 bits per heavy atom. The first kappa shape index (κ1) is 23.5. The van der Waals surface area contributed by atoms with Gasteiger partial charge in [0.1, 0.15) is 0 Å². The van der Waals surface area contributed by atoms with E-state index >= 15 is 0 Å². The Hall–Kier alpha value is -0.810. The molecule has 0 bridgehead atoms. The van der Waals surface area contributed by atoms with Gasteiger partial charge in [0.05, 0.1) is 6.04 Å². The van der Waals surface area contributed by atoms with Crippen molar-refractivity contribution in [3.8, 4) is 0 Å². The van der Waals surface area contributed by atoms with Gasteiger partial charge < -0.3 is 16.0 Å². The molecule has 3 N–H and O–H groups in total. The molecule has 0 saturated carbocycles. The minimum Gasteiger partial charge on any atom is -0.353 e. The highest BCUT2D eigenvalue weighted by molar-refractivity contribution is 5.85. The van der Waals surface area contributed by atoms with Crippen LogP contribution in [0.4, 0.5) is 0 Å².